The lowest BCUT2D eigenvalue weighted by Crippen LogP contribution is -2.37. The SMILES string of the molecule is NC(=O)CCC(C=O)NC(=O)c1cccc(NCCOCCOCCC(=O)O)c1C=O. The van der Waals surface area contributed by atoms with Gasteiger partial charge in [-0.1, -0.05) is 6.07 Å². The molecule has 0 saturated heterocycles. The molecule has 0 aliphatic rings. The normalized spacial score (nSPS) is 11.4. The second-order valence-electron chi connectivity index (χ2n) is 6.40. The first-order chi connectivity index (χ1) is 14.9. The van der Waals surface area contributed by atoms with Crippen molar-refractivity contribution in [2.75, 3.05) is 38.3 Å². The van der Waals surface area contributed by atoms with E-state index in [0.29, 0.717) is 24.8 Å². The lowest BCUT2D eigenvalue weighted by Gasteiger charge is -2.15. The van der Waals surface area contributed by atoms with Crippen LogP contribution in [0.4, 0.5) is 5.69 Å². The minimum absolute atomic E-state index is 0.0591. The van der Waals surface area contributed by atoms with Gasteiger partial charge in [-0.15, -0.1) is 0 Å². The van der Waals surface area contributed by atoms with Crippen molar-refractivity contribution in [3.63, 3.8) is 0 Å². The zero-order valence-corrected chi connectivity index (χ0v) is 17.0. The number of carbonyl (C=O) groups excluding carboxylic acids is 4. The summed E-state index contributed by atoms with van der Waals surface area (Å²) < 4.78 is 10.4. The van der Waals surface area contributed by atoms with Crippen LogP contribution in [0.15, 0.2) is 18.2 Å². The molecule has 0 aliphatic carbocycles. The molecule has 1 atom stereocenters. The van der Waals surface area contributed by atoms with Gasteiger partial charge < -0.3 is 35.7 Å². The Hall–Kier alpha value is -3.31. The van der Waals surface area contributed by atoms with E-state index in [1.807, 2.05) is 0 Å². The number of aliphatic carboxylic acids is 1. The lowest BCUT2D eigenvalue weighted by molar-refractivity contribution is -0.138. The van der Waals surface area contributed by atoms with Gasteiger partial charge in [0.2, 0.25) is 5.91 Å². The van der Waals surface area contributed by atoms with Crippen molar-refractivity contribution < 1.29 is 38.6 Å². The number of carboxylic acid groups (broad SMARTS) is 1. The van der Waals surface area contributed by atoms with Crippen LogP contribution < -0.4 is 16.4 Å². The van der Waals surface area contributed by atoms with Crippen molar-refractivity contribution in [3.05, 3.63) is 29.3 Å². The van der Waals surface area contributed by atoms with Gasteiger partial charge in [-0.3, -0.25) is 19.2 Å². The number of hydrogen-bond acceptors (Lipinski definition) is 8. The summed E-state index contributed by atoms with van der Waals surface area (Å²) >= 11 is 0. The summed E-state index contributed by atoms with van der Waals surface area (Å²) in [4.78, 5) is 56.4. The van der Waals surface area contributed by atoms with Crippen LogP contribution in [0.1, 0.15) is 40.0 Å². The monoisotopic (exact) mass is 437 g/mol. The Morgan fingerprint density at radius 1 is 1.06 bits per heavy atom. The van der Waals surface area contributed by atoms with Gasteiger partial charge in [0.1, 0.15) is 6.29 Å². The quantitative estimate of drug-likeness (QED) is 0.193. The highest BCUT2D eigenvalue weighted by molar-refractivity contribution is 6.05. The van der Waals surface area contributed by atoms with Crippen molar-refractivity contribution >= 4 is 36.0 Å². The summed E-state index contributed by atoms with van der Waals surface area (Å²) in [6, 6.07) is 3.76. The average molecular weight is 437 g/mol. The molecule has 11 heteroatoms. The smallest absolute Gasteiger partial charge is 0.305 e. The van der Waals surface area contributed by atoms with Gasteiger partial charge in [-0.2, -0.15) is 0 Å². The maximum atomic E-state index is 12.5. The number of nitrogens with two attached hydrogens (primary N) is 1. The number of benzene rings is 1. The summed E-state index contributed by atoms with van der Waals surface area (Å²) in [5, 5.41) is 14.0. The number of rotatable bonds is 17. The minimum atomic E-state index is -0.931. The third-order valence-corrected chi connectivity index (χ3v) is 4.05. The summed E-state index contributed by atoms with van der Waals surface area (Å²) in [7, 11) is 0. The first kappa shape index (κ1) is 25.7. The third kappa shape index (κ3) is 10.3. The summed E-state index contributed by atoms with van der Waals surface area (Å²) in [6.07, 6.45) is 0.978. The third-order valence-electron chi connectivity index (χ3n) is 4.05. The van der Waals surface area contributed by atoms with E-state index in [0.717, 1.165) is 0 Å². The summed E-state index contributed by atoms with van der Waals surface area (Å²) in [6.45, 7) is 1.29. The fourth-order valence-corrected chi connectivity index (χ4v) is 2.50. The fourth-order valence-electron chi connectivity index (χ4n) is 2.50. The summed E-state index contributed by atoms with van der Waals surface area (Å²) in [5.41, 5.74) is 5.68. The average Bonchev–Trinajstić information content (AvgIpc) is 2.74. The topological polar surface area (TPSA) is 174 Å². The number of nitrogens with one attached hydrogen (secondary N) is 2. The fraction of sp³-hybridized carbons (Fsp3) is 0.450. The number of amides is 2. The molecule has 0 saturated carbocycles. The van der Waals surface area contributed by atoms with Crippen molar-refractivity contribution in [3.8, 4) is 0 Å². The highest BCUT2D eigenvalue weighted by Gasteiger charge is 2.18. The molecule has 170 valence electrons. The molecule has 1 rings (SSSR count). The number of carboxylic acids is 1. The van der Waals surface area contributed by atoms with Gasteiger partial charge in [-0.05, 0) is 18.6 Å². The standard InChI is InChI=1S/C20H27N3O8/c21-18(26)5-4-14(12-24)23-20(29)15-2-1-3-17(16(15)13-25)22-7-9-31-11-10-30-8-6-19(27)28/h1-3,12-14,22H,4-11H2,(H2,21,26)(H,23,29)(H,27,28). The number of carbonyl (C=O) groups is 5. The van der Waals surface area contributed by atoms with Crippen LogP contribution in [0.3, 0.4) is 0 Å². The molecule has 1 unspecified atom stereocenters. The van der Waals surface area contributed by atoms with Crippen LogP contribution in [-0.4, -0.2) is 74.5 Å². The van der Waals surface area contributed by atoms with E-state index in [4.69, 9.17) is 20.3 Å². The Morgan fingerprint density at radius 2 is 1.77 bits per heavy atom. The van der Waals surface area contributed by atoms with Gasteiger partial charge in [0, 0.05) is 18.7 Å². The molecule has 1 aromatic rings. The van der Waals surface area contributed by atoms with Crippen LogP contribution in [0.25, 0.3) is 0 Å². The predicted octanol–water partition coefficient (Wildman–Crippen LogP) is -0.0183. The Kier molecular flexibility index (Phi) is 12.1. The Balaban J connectivity index is 2.53. The maximum Gasteiger partial charge on any atom is 0.305 e. The number of aldehydes is 2. The molecular formula is C20H27N3O8. The van der Waals surface area contributed by atoms with Crippen LogP contribution >= 0.6 is 0 Å². The molecule has 0 spiro atoms. The van der Waals surface area contributed by atoms with Gasteiger partial charge in [0.05, 0.1) is 50.0 Å². The maximum absolute atomic E-state index is 12.5. The number of primary amides is 1. The molecule has 0 radical (unpaired) electrons. The van der Waals surface area contributed by atoms with Crippen molar-refractivity contribution in [2.24, 2.45) is 5.73 Å². The predicted molar refractivity (Wildman–Crippen MR) is 110 cm³/mol. The van der Waals surface area contributed by atoms with Gasteiger partial charge >= 0.3 is 5.97 Å². The number of ether oxygens (including phenoxy) is 2. The molecule has 1 aromatic carbocycles. The first-order valence-electron chi connectivity index (χ1n) is 9.62. The van der Waals surface area contributed by atoms with Crippen LogP contribution in [0.2, 0.25) is 0 Å². The van der Waals surface area contributed by atoms with E-state index >= 15 is 0 Å². The molecule has 0 fully saturated rings. The van der Waals surface area contributed by atoms with Crippen LogP contribution in [-0.2, 0) is 23.9 Å². The molecule has 5 N–H and O–H groups in total. The van der Waals surface area contributed by atoms with E-state index in [9.17, 15) is 24.0 Å². The first-order valence-corrected chi connectivity index (χ1v) is 9.62. The Bertz CT molecular complexity index is 769. The Labute approximate surface area is 179 Å². The highest BCUT2D eigenvalue weighted by atomic mass is 16.5. The molecular weight excluding hydrogens is 410 g/mol. The van der Waals surface area contributed by atoms with Crippen molar-refractivity contribution in [2.45, 2.75) is 25.3 Å². The van der Waals surface area contributed by atoms with Gasteiger partial charge in [0.25, 0.3) is 5.91 Å². The molecule has 0 heterocycles. The molecule has 0 aliphatic heterocycles. The second-order valence-corrected chi connectivity index (χ2v) is 6.40. The van der Waals surface area contributed by atoms with Crippen LogP contribution in [0.5, 0.6) is 0 Å². The van der Waals surface area contributed by atoms with Crippen molar-refractivity contribution in [1.29, 1.82) is 0 Å². The van der Waals surface area contributed by atoms with Crippen molar-refractivity contribution in [1.82, 2.24) is 5.32 Å². The highest BCUT2D eigenvalue weighted by Crippen LogP contribution is 2.18. The number of anilines is 1. The van der Waals surface area contributed by atoms with Gasteiger partial charge in [0.15, 0.2) is 6.29 Å². The van der Waals surface area contributed by atoms with Crippen LogP contribution in [0, 0.1) is 0 Å². The van der Waals surface area contributed by atoms with E-state index in [-0.39, 0.29) is 56.8 Å². The molecule has 0 aromatic heterocycles. The lowest BCUT2D eigenvalue weighted by atomic mass is 10.0. The molecule has 11 nitrogen and oxygen atoms in total. The zero-order valence-electron chi connectivity index (χ0n) is 17.0. The molecule has 0 bridgehead atoms. The molecule has 2 amide bonds. The Morgan fingerprint density at radius 3 is 2.39 bits per heavy atom. The summed E-state index contributed by atoms with van der Waals surface area (Å²) in [5.74, 6) is -2.14. The van der Waals surface area contributed by atoms with Gasteiger partial charge in [-0.25, -0.2) is 0 Å². The number of hydrogen-bond donors (Lipinski definition) is 4. The zero-order chi connectivity index (χ0) is 23.1. The molecule has 31 heavy (non-hydrogen) atoms. The minimum Gasteiger partial charge on any atom is -0.481 e. The second kappa shape index (κ2) is 14.6. The van der Waals surface area contributed by atoms with E-state index < -0.39 is 23.8 Å². The van der Waals surface area contributed by atoms with E-state index in [1.54, 1.807) is 12.1 Å². The largest absolute Gasteiger partial charge is 0.481 e. The van der Waals surface area contributed by atoms with E-state index in [1.165, 1.54) is 6.07 Å². The van der Waals surface area contributed by atoms with E-state index in [2.05, 4.69) is 10.6 Å².